The third-order valence-electron chi connectivity index (χ3n) is 7.45. The molecule has 0 saturated heterocycles. The maximum absolute atomic E-state index is 4.28. The van der Waals surface area contributed by atoms with Crippen LogP contribution in [0, 0.1) is 11.8 Å². The lowest BCUT2D eigenvalue weighted by molar-refractivity contribution is 0.385. The third kappa shape index (κ3) is 22.0. The molecule has 4 rings (SSSR count). The van der Waals surface area contributed by atoms with Gasteiger partial charge in [0.05, 0.1) is 0 Å². The second-order valence-electron chi connectivity index (χ2n) is 12.0. The van der Waals surface area contributed by atoms with E-state index in [1.807, 2.05) is 54.5 Å². The molecule has 2 nitrogen and oxygen atoms in total. The van der Waals surface area contributed by atoms with Crippen molar-refractivity contribution in [3.63, 3.8) is 0 Å². The molecule has 0 radical (unpaired) electrons. The van der Waals surface area contributed by atoms with Gasteiger partial charge in [-0.3, -0.25) is 0 Å². The Morgan fingerprint density at radius 3 is 1.76 bits per heavy atom. The molecule has 0 aromatic heterocycles. The van der Waals surface area contributed by atoms with Gasteiger partial charge in [-0.1, -0.05) is 152 Å². The summed E-state index contributed by atoms with van der Waals surface area (Å²) in [6.07, 6.45) is 16.8. The average molecular weight is 625 g/mol. The highest BCUT2D eigenvalue weighted by atomic mass is 15.1. The van der Waals surface area contributed by atoms with Crippen molar-refractivity contribution >= 4 is 16.8 Å². The van der Waals surface area contributed by atoms with Crippen LogP contribution in [0.25, 0.3) is 11.1 Å². The standard InChI is InChI=1S/C20H27N.C7H13N.C7H14.C3H8.3C2H6/c1-6-11-21(12-7-2)17-9-10-19-18(8-3)15(4)13-16(5)20(19)14-17;1-6(2)8-5-7-3-4-7;1-7-5-3-2-4-6-7;1-3-2;3*1-2/h8-10,14H,3,5-7,11-13H2,1-2,4H3;7-8H,1,3-5H2,2H3;7H,2-6H2,1H3;3H2,1-2H3;3*1-2H3. The minimum atomic E-state index is 0.958. The first-order chi connectivity index (χ1) is 21.7. The van der Waals surface area contributed by atoms with Crippen LogP contribution in [0.15, 0.2) is 55.3 Å². The Balaban J connectivity index is -0.000000602. The third-order valence-corrected chi connectivity index (χ3v) is 7.45. The lowest BCUT2D eigenvalue weighted by Gasteiger charge is -2.27. The molecule has 3 aliphatic carbocycles. The molecule has 0 bridgehead atoms. The van der Waals surface area contributed by atoms with Crippen LogP contribution in [-0.2, 0) is 0 Å². The normalized spacial score (nSPS) is 14.6. The van der Waals surface area contributed by atoms with E-state index in [2.05, 4.69) is 89.7 Å². The first-order valence-corrected chi connectivity index (χ1v) is 19.0. The summed E-state index contributed by atoms with van der Waals surface area (Å²) < 4.78 is 0. The zero-order chi connectivity index (χ0) is 35.2. The number of rotatable bonds is 9. The van der Waals surface area contributed by atoms with E-state index in [-0.39, 0.29) is 0 Å². The highest BCUT2D eigenvalue weighted by molar-refractivity contribution is 5.90. The lowest BCUT2D eigenvalue weighted by atomic mass is 9.83. The Bertz CT molecular complexity index is 890. The molecular weight excluding hydrogens is 544 g/mol. The predicted molar refractivity (Wildman–Crippen MR) is 213 cm³/mol. The van der Waals surface area contributed by atoms with E-state index >= 15 is 0 Å². The molecule has 45 heavy (non-hydrogen) atoms. The van der Waals surface area contributed by atoms with Crippen LogP contribution in [0.1, 0.15) is 172 Å². The maximum atomic E-state index is 4.28. The Morgan fingerprint density at radius 1 is 0.867 bits per heavy atom. The van der Waals surface area contributed by atoms with Gasteiger partial charge >= 0.3 is 0 Å². The van der Waals surface area contributed by atoms with Crippen molar-refractivity contribution in [2.75, 3.05) is 24.5 Å². The average Bonchev–Trinajstić information content (AvgIpc) is 3.89. The van der Waals surface area contributed by atoms with E-state index in [0.29, 0.717) is 0 Å². The monoisotopic (exact) mass is 625 g/mol. The van der Waals surface area contributed by atoms with Gasteiger partial charge in [0.2, 0.25) is 0 Å². The molecule has 0 aliphatic heterocycles. The molecule has 1 aromatic carbocycles. The van der Waals surface area contributed by atoms with Gasteiger partial charge in [-0.2, -0.15) is 0 Å². The number of fused-ring (bicyclic) bond motifs is 1. The van der Waals surface area contributed by atoms with Gasteiger partial charge < -0.3 is 10.2 Å². The van der Waals surface area contributed by atoms with Crippen molar-refractivity contribution in [1.82, 2.24) is 5.32 Å². The SMILES string of the molecule is C=C(C)NCC1CC1.C=CC1=C(C)CC(=C)c2cc(N(CCC)CCC)ccc21.CC.CC.CC.CC1CCCCC1.CCC. The summed E-state index contributed by atoms with van der Waals surface area (Å²) in [6, 6.07) is 6.81. The van der Waals surface area contributed by atoms with E-state index in [4.69, 9.17) is 0 Å². The topological polar surface area (TPSA) is 15.3 Å². The van der Waals surface area contributed by atoms with Crippen molar-refractivity contribution in [3.8, 4) is 0 Å². The van der Waals surface area contributed by atoms with E-state index in [9.17, 15) is 0 Å². The second kappa shape index (κ2) is 31.7. The van der Waals surface area contributed by atoms with Crippen molar-refractivity contribution in [3.05, 3.63) is 66.4 Å². The molecule has 1 N–H and O–H groups in total. The molecule has 2 saturated carbocycles. The summed E-state index contributed by atoms with van der Waals surface area (Å²) in [6.45, 7) is 42.6. The zero-order valence-corrected chi connectivity index (χ0v) is 32.9. The molecule has 0 amide bonds. The number of allylic oxidation sites excluding steroid dienone is 5. The van der Waals surface area contributed by atoms with E-state index in [1.165, 1.54) is 97.7 Å². The quantitative estimate of drug-likeness (QED) is 0.294. The number of benzene rings is 1. The summed E-state index contributed by atoms with van der Waals surface area (Å²) in [5.74, 6) is 2.00. The molecule has 0 unspecified atom stereocenters. The molecule has 2 heteroatoms. The smallest absolute Gasteiger partial charge is 0.0372 e. The van der Waals surface area contributed by atoms with Gasteiger partial charge in [0, 0.05) is 31.0 Å². The van der Waals surface area contributed by atoms with Gasteiger partial charge in [0.1, 0.15) is 0 Å². The van der Waals surface area contributed by atoms with Crippen molar-refractivity contribution in [1.29, 1.82) is 0 Å². The van der Waals surface area contributed by atoms with Gasteiger partial charge in [-0.25, -0.2) is 0 Å². The Kier molecular flexibility index (Phi) is 33.3. The van der Waals surface area contributed by atoms with Crippen LogP contribution in [0.3, 0.4) is 0 Å². The first kappa shape index (κ1) is 47.2. The Labute approximate surface area is 285 Å². The van der Waals surface area contributed by atoms with Crippen LogP contribution in [0.2, 0.25) is 0 Å². The molecule has 3 aliphatic rings. The summed E-state index contributed by atoms with van der Waals surface area (Å²) in [4.78, 5) is 2.48. The zero-order valence-electron chi connectivity index (χ0n) is 32.9. The maximum Gasteiger partial charge on any atom is 0.0372 e. The minimum Gasteiger partial charge on any atom is -0.389 e. The minimum absolute atomic E-state index is 0.958. The van der Waals surface area contributed by atoms with Crippen molar-refractivity contribution < 1.29 is 0 Å². The number of hydrogen-bond donors (Lipinski definition) is 1. The van der Waals surface area contributed by atoms with Crippen LogP contribution in [-0.4, -0.2) is 19.6 Å². The summed E-state index contributed by atoms with van der Waals surface area (Å²) >= 11 is 0. The van der Waals surface area contributed by atoms with Crippen molar-refractivity contribution in [2.24, 2.45) is 11.8 Å². The molecule has 0 spiro atoms. The fourth-order valence-electron chi connectivity index (χ4n) is 5.14. The van der Waals surface area contributed by atoms with Crippen LogP contribution < -0.4 is 10.2 Å². The van der Waals surface area contributed by atoms with Gasteiger partial charge in [0.25, 0.3) is 0 Å². The van der Waals surface area contributed by atoms with Gasteiger partial charge in [-0.05, 0) is 92.2 Å². The van der Waals surface area contributed by atoms with Crippen molar-refractivity contribution in [2.45, 2.75) is 161 Å². The summed E-state index contributed by atoms with van der Waals surface area (Å²) in [7, 11) is 0. The Hall–Kier alpha value is -2.22. The molecule has 262 valence electrons. The molecule has 2 fully saturated rings. The van der Waals surface area contributed by atoms with Crippen LogP contribution in [0.4, 0.5) is 5.69 Å². The molecule has 0 atom stereocenters. The predicted octanol–water partition coefficient (Wildman–Crippen LogP) is 14.3. The fraction of sp³-hybridized carbons (Fsp3) is 0.674. The van der Waals surface area contributed by atoms with Gasteiger partial charge in [0.15, 0.2) is 0 Å². The molecular formula is C43H80N2. The van der Waals surface area contributed by atoms with Gasteiger partial charge in [-0.15, -0.1) is 0 Å². The van der Waals surface area contributed by atoms with E-state index in [0.717, 1.165) is 43.6 Å². The Morgan fingerprint density at radius 2 is 1.38 bits per heavy atom. The summed E-state index contributed by atoms with van der Waals surface area (Å²) in [5, 5.41) is 3.21. The highest BCUT2D eigenvalue weighted by Crippen LogP contribution is 2.39. The number of hydrogen-bond acceptors (Lipinski definition) is 2. The molecule has 1 aromatic rings. The van der Waals surface area contributed by atoms with E-state index < -0.39 is 0 Å². The van der Waals surface area contributed by atoms with Crippen LogP contribution >= 0.6 is 0 Å². The number of anilines is 1. The largest absolute Gasteiger partial charge is 0.389 e. The summed E-state index contributed by atoms with van der Waals surface area (Å²) in [5.41, 5.74) is 8.87. The highest BCUT2D eigenvalue weighted by Gasteiger charge is 2.20. The fourth-order valence-corrected chi connectivity index (χ4v) is 5.14. The first-order valence-electron chi connectivity index (χ1n) is 19.0. The molecule has 0 heterocycles. The number of nitrogens with one attached hydrogen (secondary N) is 1. The van der Waals surface area contributed by atoms with E-state index in [1.54, 1.807) is 0 Å². The second-order valence-corrected chi connectivity index (χ2v) is 12.0. The van der Waals surface area contributed by atoms with Crippen LogP contribution in [0.5, 0.6) is 0 Å². The lowest BCUT2D eigenvalue weighted by Crippen LogP contribution is -2.25. The number of nitrogens with zero attached hydrogens (tertiary/aromatic N) is 1.